The fraction of sp³-hybridized carbons (Fsp3) is 0.136. The average molecular weight is 449 g/mol. The molecular weight excluding hydrogens is 432 g/mol. The molecule has 1 aromatic carbocycles. The highest BCUT2D eigenvalue weighted by molar-refractivity contribution is 7.19. The van der Waals surface area contributed by atoms with E-state index in [-0.39, 0.29) is 5.91 Å². The maximum Gasteiger partial charge on any atom is 0.225 e. The normalized spacial score (nSPS) is 10.6. The maximum atomic E-state index is 11.8. The molecule has 0 saturated carbocycles. The Balaban J connectivity index is 1.82. The van der Waals surface area contributed by atoms with Crippen LogP contribution in [-0.4, -0.2) is 26.1 Å². The molecule has 0 spiro atoms. The van der Waals surface area contributed by atoms with E-state index in [1.807, 2.05) is 30.3 Å². The fourth-order valence-corrected chi connectivity index (χ4v) is 4.48. The van der Waals surface area contributed by atoms with E-state index in [2.05, 4.69) is 31.6 Å². The summed E-state index contributed by atoms with van der Waals surface area (Å²) in [5.74, 6) is 0.925. The molecule has 4 rings (SSSR count). The molecule has 31 heavy (non-hydrogen) atoms. The van der Waals surface area contributed by atoms with Gasteiger partial charge in [0.25, 0.3) is 0 Å². The number of aromatic amines is 1. The van der Waals surface area contributed by atoms with Gasteiger partial charge >= 0.3 is 0 Å². The van der Waals surface area contributed by atoms with Gasteiger partial charge in [-0.2, -0.15) is 10.4 Å². The molecule has 0 radical (unpaired) electrons. The molecule has 9 heteroatoms. The predicted molar refractivity (Wildman–Crippen MR) is 121 cm³/mol. The van der Waals surface area contributed by atoms with E-state index < -0.39 is 0 Å². The van der Waals surface area contributed by atoms with Gasteiger partial charge in [0.2, 0.25) is 5.91 Å². The van der Waals surface area contributed by atoms with E-state index in [9.17, 15) is 10.1 Å². The van der Waals surface area contributed by atoms with Gasteiger partial charge in [-0.25, -0.2) is 9.97 Å². The number of nitrogens with zero attached hydrogens (tertiary/aromatic N) is 4. The number of pyridine rings is 1. The molecule has 0 unspecified atom stereocenters. The van der Waals surface area contributed by atoms with E-state index >= 15 is 0 Å². The highest BCUT2D eigenvalue weighted by atomic mass is 35.5. The summed E-state index contributed by atoms with van der Waals surface area (Å²) in [4.78, 5) is 21.9. The Hall–Kier alpha value is -3.54. The van der Waals surface area contributed by atoms with Crippen molar-refractivity contribution in [2.75, 3.05) is 5.32 Å². The first-order valence-corrected chi connectivity index (χ1v) is 10.7. The number of halogens is 1. The largest absolute Gasteiger partial charge is 0.311 e. The summed E-state index contributed by atoms with van der Waals surface area (Å²) in [6.45, 7) is 1.78. The lowest BCUT2D eigenvalue weighted by Gasteiger charge is -2.06. The van der Waals surface area contributed by atoms with Gasteiger partial charge in [-0.15, -0.1) is 11.3 Å². The lowest BCUT2D eigenvalue weighted by Crippen LogP contribution is -2.10. The maximum absolute atomic E-state index is 11.8. The number of rotatable bonds is 6. The first-order valence-electron chi connectivity index (χ1n) is 9.51. The molecule has 0 atom stereocenters. The Morgan fingerprint density at radius 3 is 2.71 bits per heavy atom. The summed E-state index contributed by atoms with van der Waals surface area (Å²) in [5, 5.41) is 20.3. The van der Waals surface area contributed by atoms with E-state index in [0.29, 0.717) is 35.1 Å². The smallest absolute Gasteiger partial charge is 0.225 e. The molecular formula is C22H17ClN6OS. The van der Waals surface area contributed by atoms with Gasteiger partial charge in [-0.05, 0) is 41.0 Å². The second-order valence-electron chi connectivity index (χ2n) is 6.69. The molecule has 2 N–H and O–H groups in total. The van der Waals surface area contributed by atoms with Crippen molar-refractivity contribution in [2.45, 2.75) is 19.8 Å². The second kappa shape index (κ2) is 9.08. The molecule has 0 aliphatic rings. The first kappa shape index (κ1) is 20.7. The highest BCUT2D eigenvalue weighted by Gasteiger charge is 2.22. The summed E-state index contributed by atoms with van der Waals surface area (Å²) in [5.41, 5.74) is 3.24. The lowest BCUT2D eigenvalue weighted by atomic mass is 9.99. The van der Waals surface area contributed by atoms with Gasteiger partial charge in [0.15, 0.2) is 5.82 Å². The van der Waals surface area contributed by atoms with Crippen molar-refractivity contribution in [1.82, 2.24) is 20.2 Å². The number of amides is 1. The Labute approximate surface area is 187 Å². The van der Waals surface area contributed by atoms with Crippen molar-refractivity contribution < 1.29 is 4.79 Å². The van der Waals surface area contributed by atoms with E-state index in [1.54, 1.807) is 19.2 Å². The molecule has 0 fully saturated rings. The molecule has 0 aliphatic heterocycles. The van der Waals surface area contributed by atoms with Crippen LogP contribution in [0.1, 0.15) is 30.0 Å². The Morgan fingerprint density at radius 2 is 2.03 bits per heavy atom. The summed E-state index contributed by atoms with van der Waals surface area (Å²) >= 11 is 7.48. The zero-order valence-corrected chi connectivity index (χ0v) is 18.1. The number of H-pyrrole nitrogens is 1. The van der Waals surface area contributed by atoms with Gasteiger partial charge < -0.3 is 5.32 Å². The highest BCUT2D eigenvalue weighted by Crippen LogP contribution is 2.42. The average Bonchev–Trinajstić information content (AvgIpc) is 3.43. The minimum atomic E-state index is -0.123. The number of aromatic nitrogens is 4. The van der Waals surface area contributed by atoms with Crippen LogP contribution in [0.4, 0.5) is 5.82 Å². The molecule has 1 amide bonds. The third-order valence-corrected chi connectivity index (χ3v) is 6.19. The SMILES string of the molecule is CCC(=O)Nc1cc(-c2sc(-c3ncn[nH]3)c(Cc3ccc(Cl)cc3)c2C#N)ccn1. The number of anilines is 1. The predicted octanol–water partition coefficient (Wildman–Crippen LogP) is 5.06. The monoisotopic (exact) mass is 448 g/mol. The van der Waals surface area contributed by atoms with Gasteiger partial charge in [0.1, 0.15) is 18.2 Å². The van der Waals surface area contributed by atoms with E-state index in [1.165, 1.54) is 17.7 Å². The topological polar surface area (TPSA) is 107 Å². The molecule has 7 nitrogen and oxygen atoms in total. The van der Waals surface area contributed by atoms with Crippen LogP contribution in [-0.2, 0) is 11.2 Å². The molecule has 3 heterocycles. The molecule has 3 aromatic heterocycles. The molecule has 0 aliphatic carbocycles. The zero-order chi connectivity index (χ0) is 21.8. The van der Waals surface area contributed by atoms with Crippen LogP contribution in [0.2, 0.25) is 5.02 Å². The molecule has 4 aromatic rings. The number of benzene rings is 1. The quantitative estimate of drug-likeness (QED) is 0.428. The van der Waals surface area contributed by atoms with Gasteiger partial charge in [0, 0.05) is 24.1 Å². The molecule has 154 valence electrons. The number of hydrogen-bond acceptors (Lipinski definition) is 6. The number of carbonyl (C=O) groups excluding carboxylic acids is 1. The minimum Gasteiger partial charge on any atom is -0.311 e. The summed E-state index contributed by atoms with van der Waals surface area (Å²) in [6.07, 6.45) is 3.96. The molecule has 0 saturated heterocycles. The van der Waals surface area contributed by atoms with Crippen molar-refractivity contribution in [3.63, 3.8) is 0 Å². The third kappa shape index (κ3) is 4.48. The van der Waals surface area contributed by atoms with Crippen molar-refractivity contribution in [1.29, 1.82) is 5.26 Å². The van der Waals surface area contributed by atoms with Crippen LogP contribution in [0.15, 0.2) is 48.9 Å². The number of thiophene rings is 1. The van der Waals surface area contributed by atoms with Crippen LogP contribution < -0.4 is 5.32 Å². The zero-order valence-electron chi connectivity index (χ0n) is 16.5. The number of hydrogen-bond donors (Lipinski definition) is 2. The van der Waals surface area contributed by atoms with E-state index in [4.69, 9.17) is 11.6 Å². The summed E-state index contributed by atoms with van der Waals surface area (Å²) < 4.78 is 0. The van der Waals surface area contributed by atoms with Crippen LogP contribution >= 0.6 is 22.9 Å². The summed E-state index contributed by atoms with van der Waals surface area (Å²) in [6, 6.07) is 13.5. The Kier molecular flexibility index (Phi) is 6.07. The Morgan fingerprint density at radius 1 is 1.23 bits per heavy atom. The van der Waals surface area contributed by atoms with Gasteiger partial charge in [0.05, 0.1) is 15.3 Å². The number of nitriles is 1. The number of nitrogens with one attached hydrogen (secondary N) is 2. The van der Waals surface area contributed by atoms with Crippen molar-refractivity contribution in [3.05, 3.63) is 70.6 Å². The standard InChI is InChI=1S/C22H17ClN6OS/c1-2-19(30)28-18-10-14(7-8-25-18)20-17(11-24)16(9-13-3-5-15(23)6-4-13)21(31-20)22-26-12-27-29-22/h3-8,10,12H,2,9H2,1H3,(H,25,28,30)(H,26,27,29). The second-order valence-corrected chi connectivity index (χ2v) is 8.15. The molecule has 0 bridgehead atoms. The lowest BCUT2D eigenvalue weighted by molar-refractivity contribution is -0.115. The minimum absolute atomic E-state index is 0.123. The van der Waals surface area contributed by atoms with Crippen molar-refractivity contribution >= 4 is 34.7 Å². The van der Waals surface area contributed by atoms with Crippen LogP contribution in [0, 0.1) is 11.3 Å². The van der Waals surface area contributed by atoms with Crippen molar-refractivity contribution in [3.8, 4) is 27.2 Å². The van der Waals surface area contributed by atoms with Crippen molar-refractivity contribution in [2.24, 2.45) is 0 Å². The number of carbonyl (C=O) groups is 1. The van der Waals surface area contributed by atoms with Crippen LogP contribution in [0.5, 0.6) is 0 Å². The van der Waals surface area contributed by atoms with Gasteiger partial charge in [-0.3, -0.25) is 9.89 Å². The Bertz CT molecular complexity index is 1260. The summed E-state index contributed by atoms with van der Waals surface area (Å²) in [7, 11) is 0. The first-order chi connectivity index (χ1) is 15.1. The van der Waals surface area contributed by atoms with Gasteiger partial charge in [-0.1, -0.05) is 30.7 Å². The van der Waals surface area contributed by atoms with E-state index in [0.717, 1.165) is 26.4 Å². The van der Waals surface area contributed by atoms with Crippen LogP contribution in [0.25, 0.3) is 21.1 Å². The fourth-order valence-electron chi connectivity index (χ4n) is 3.14. The van der Waals surface area contributed by atoms with Crippen LogP contribution in [0.3, 0.4) is 0 Å². The third-order valence-electron chi connectivity index (χ3n) is 4.65.